The van der Waals surface area contributed by atoms with Gasteiger partial charge in [0.1, 0.15) is 23.6 Å². The molecule has 8 N–H and O–H groups in total. The number of rotatable bonds is 10. The number of fused-ring (bicyclic) bond motifs is 1. The summed E-state index contributed by atoms with van der Waals surface area (Å²) in [4.78, 5) is 47.9. The number of nitrogens with one attached hydrogen (secondary N) is 3. The van der Waals surface area contributed by atoms with Gasteiger partial charge in [0.25, 0.3) is 5.91 Å². The number of amides is 2. The number of nitriles is 1. The van der Waals surface area contributed by atoms with E-state index in [1.807, 2.05) is 12.3 Å². The first-order chi connectivity index (χ1) is 18.7. The minimum Gasteiger partial charge on any atom is -0.480 e. The van der Waals surface area contributed by atoms with Crippen LogP contribution in [0.4, 0.5) is 17.5 Å². The van der Waals surface area contributed by atoms with Crippen LogP contribution < -0.4 is 22.1 Å². The fraction of sp³-hybridized carbons (Fsp3) is 0.185. The Morgan fingerprint density at radius 3 is 2.51 bits per heavy atom. The van der Waals surface area contributed by atoms with Gasteiger partial charge >= 0.3 is 5.97 Å². The molecule has 39 heavy (non-hydrogen) atoms. The standard InChI is InChI=1S/C27H26N8O4/c28-13-17-3-1-2-4-19(17)32-21(36)12-11-20(26(38)39)33-25(37)16-8-5-15(6-9-16)7-10-18-14-31-24-22(18)23(29)34-27(30)35-24/h1-6,8-9,14,20H,7,10-12H2,(H,32,36)(H,33,37)(H,38,39)(H5,29,30,31,34,35)/t20-/m0/s1. The zero-order valence-corrected chi connectivity index (χ0v) is 20.8. The molecule has 12 heteroatoms. The number of nitrogens with zero attached hydrogens (tertiary/aromatic N) is 3. The first-order valence-electron chi connectivity index (χ1n) is 12.1. The highest BCUT2D eigenvalue weighted by molar-refractivity contribution is 5.97. The molecule has 4 aromatic rings. The topological polar surface area (TPSA) is 213 Å². The molecule has 2 heterocycles. The Hall–Kier alpha value is -5.44. The van der Waals surface area contributed by atoms with Crippen LogP contribution in [-0.2, 0) is 22.4 Å². The molecule has 2 amide bonds. The number of para-hydroxylation sites is 1. The molecule has 1 atom stereocenters. The highest BCUT2D eigenvalue weighted by atomic mass is 16.4. The molecule has 198 valence electrons. The lowest BCUT2D eigenvalue weighted by Crippen LogP contribution is -2.41. The fourth-order valence-corrected chi connectivity index (χ4v) is 4.12. The summed E-state index contributed by atoms with van der Waals surface area (Å²) in [5.41, 5.74) is 15.0. The summed E-state index contributed by atoms with van der Waals surface area (Å²) >= 11 is 0. The third-order valence-corrected chi connectivity index (χ3v) is 6.14. The maximum Gasteiger partial charge on any atom is 0.326 e. The van der Waals surface area contributed by atoms with Gasteiger partial charge in [-0.05, 0) is 54.7 Å². The van der Waals surface area contributed by atoms with Crippen molar-refractivity contribution in [3.8, 4) is 6.07 Å². The largest absolute Gasteiger partial charge is 0.480 e. The third-order valence-electron chi connectivity index (χ3n) is 6.14. The number of carboxylic acids is 1. The number of carbonyl (C=O) groups excluding carboxylic acids is 2. The molecule has 0 saturated heterocycles. The Bertz CT molecular complexity index is 1570. The van der Waals surface area contributed by atoms with Crippen LogP contribution in [0.1, 0.15) is 39.9 Å². The summed E-state index contributed by atoms with van der Waals surface area (Å²) < 4.78 is 0. The third kappa shape index (κ3) is 6.47. The number of carbonyl (C=O) groups is 3. The highest BCUT2D eigenvalue weighted by Crippen LogP contribution is 2.24. The number of anilines is 3. The number of H-pyrrole nitrogens is 1. The van der Waals surface area contributed by atoms with Crippen molar-refractivity contribution in [3.05, 3.63) is 77.0 Å². The van der Waals surface area contributed by atoms with E-state index in [4.69, 9.17) is 16.7 Å². The van der Waals surface area contributed by atoms with Gasteiger partial charge in [0.05, 0.1) is 16.6 Å². The average Bonchev–Trinajstić information content (AvgIpc) is 3.33. The molecular weight excluding hydrogens is 500 g/mol. The molecule has 0 fully saturated rings. The number of aromatic amines is 1. The Morgan fingerprint density at radius 1 is 1.05 bits per heavy atom. The minimum absolute atomic E-state index is 0.0945. The van der Waals surface area contributed by atoms with Crippen LogP contribution in [0, 0.1) is 11.3 Å². The fourth-order valence-electron chi connectivity index (χ4n) is 4.12. The van der Waals surface area contributed by atoms with Crippen LogP contribution in [0.25, 0.3) is 11.0 Å². The lowest BCUT2D eigenvalue weighted by atomic mass is 10.0. The van der Waals surface area contributed by atoms with E-state index in [0.717, 1.165) is 16.5 Å². The highest BCUT2D eigenvalue weighted by Gasteiger charge is 2.22. The Kier molecular flexibility index (Phi) is 8.01. The SMILES string of the molecule is N#Cc1ccccc1NC(=O)CC[C@H](NC(=O)c1ccc(CCc2c[nH]c3nc(N)nc(N)c23)cc1)C(=O)O. The zero-order chi connectivity index (χ0) is 27.9. The van der Waals surface area contributed by atoms with E-state index >= 15 is 0 Å². The number of benzene rings is 2. The Labute approximate surface area is 223 Å². The number of aryl methyl sites for hydroxylation is 2. The molecule has 0 spiro atoms. The van der Waals surface area contributed by atoms with Crippen LogP contribution in [0.2, 0.25) is 0 Å². The second-order valence-corrected chi connectivity index (χ2v) is 8.81. The van der Waals surface area contributed by atoms with E-state index in [1.54, 1.807) is 48.5 Å². The van der Waals surface area contributed by atoms with E-state index < -0.39 is 23.8 Å². The van der Waals surface area contributed by atoms with Crippen molar-refractivity contribution < 1.29 is 19.5 Å². The van der Waals surface area contributed by atoms with Crippen molar-refractivity contribution in [2.45, 2.75) is 31.7 Å². The van der Waals surface area contributed by atoms with Crippen LogP contribution >= 0.6 is 0 Å². The van der Waals surface area contributed by atoms with Crippen molar-refractivity contribution in [3.63, 3.8) is 0 Å². The summed E-state index contributed by atoms with van der Waals surface area (Å²) in [7, 11) is 0. The van der Waals surface area contributed by atoms with Gasteiger partial charge in [-0.2, -0.15) is 15.2 Å². The molecule has 12 nitrogen and oxygen atoms in total. The lowest BCUT2D eigenvalue weighted by Gasteiger charge is -2.15. The summed E-state index contributed by atoms with van der Waals surface area (Å²) in [6.45, 7) is 0. The van der Waals surface area contributed by atoms with Gasteiger partial charge in [0.15, 0.2) is 0 Å². The first kappa shape index (κ1) is 26.6. The van der Waals surface area contributed by atoms with Crippen molar-refractivity contribution in [2.24, 2.45) is 0 Å². The number of hydrogen-bond donors (Lipinski definition) is 6. The molecule has 0 aliphatic heterocycles. The van der Waals surface area contributed by atoms with E-state index in [9.17, 15) is 19.5 Å². The van der Waals surface area contributed by atoms with Gasteiger partial charge in [0.2, 0.25) is 11.9 Å². The first-order valence-corrected chi connectivity index (χ1v) is 12.1. The summed E-state index contributed by atoms with van der Waals surface area (Å²) in [6.07, 6.45) is 2.83. The number of aliphatic carboxylic acids is 1. The van der Waals surface area contributed by atoms with Gasteiger partial charge in [-0.1, -0.05) is 24.3 Å². The number of hydrogen-bond acceptors (Lipinski definition) is 8. The monoisotopic (exact) mass is 526 g/mol. The second-order valence-electron chi connectivity index (χ2n) is 8.81. The van der Waals surface area contributed by atoms with Crippen LogP contribution in [0.5, 0.6) is 0 Å². The molecule has 4 rings (SSSR count). The average molecular weight is 527 g/mol. The van der Waals surface area contributed by atoms with Crippen LogP contribution in [0.15, 0.2) is 54.7 Å². The molecule has 0 saturated carbocycles. The van der Waals surface area contributed by atoms with Gasteiger partial charge in [-0.3, -0.25) is 9.59 Å². The maximum absolute atomic E-state index is 12.7. The number of carboxylic acid groups (broad SMARTS) is 1. The number of nitrogens with two attached hydrogens (primary N) is 2. The van der Waals surface area contributed by atoms with E-state index in [-0.39, 0.29) is 24.4 Å². The molecule has 0 radical (unpaired) electrons. The van der Waals surface area contributed by atoms with Crippen LogP contribution in [-0.4, -0.2) is 43.9 Å². The van der Waals surface area contributed by atoms with Crippen molar-refractivity contribution >= 4 is 46.3 Å². The van der Waals surface area contributed by atoms with E-state index in [1.165, 1.54) is 0 Å². The molecule has 0 aliphatic carbocycles. The lowest BCUT2D eigenvalue weighted by molar-refractivity contribution is -0.139. The molecule has 2 aromatic heterocycles. The number of nitrogen functional groups attached to an aromatic ring is 2. The summed E-state index contributed by atoms with van der Waals surface area (Å²) in [5, 5.41) is 24.5. The minimum atomic E-state index is -1.27. The number of aromatic nitrogens is 3. The van der Waals surface area contributed by atoms with E-state index in [0.29, 0.717) is 35.6 Å². The maximum atomic E-state index is 12.7. The van der Waals surface area contributed by atoms with E-state index in [2.05, 4.69) is 25.6 Å². The van der Waals surface area contributed by atoms with Gasteiger partial charge in [-0.25, -0.2) is 4.79 Å². The molecular formula is C27H26N8O4. The normalized spacial score (nSPS) is 11.5. The quantitative estimate of drug-likeness (QED) is 0.179. The van der Waals surface area contributed by atoms with Crippen molar-refractivity contribution in [1.29, 1.82) is 5.26 Å². The molecule has 0 unspecified atom stereocenters. The Morgan fingerprint density at radius 2 is 1.79 bits per heavy atom. The summed E-state index contributed by atoms with van der Waals surface area (Å²) in [5.74, 6) is -1.89. The molecule has 0 bridgehead atoms. The van der Waals surface area contributed by atoms with Crippen molar-refractivity contribution in [1.82, 2.24) is 20.3 Å². The molecule has 2 aromatic carbocycles. The second kappa shape index (κ2) is 11.7. The predicted octanol–water partition coefficient (Wildman–Crippen LogP) is 2.38. The van der Waals surface area contributed by atoms with Crippen molar-refractivity contribution in [2.75, 3.05) is 16.8 Å². The predicted molar refractivity (Wildman–Crippen MR) is 144 cm³/mol. The van der Waals surface area contributed by atoms with Gasteiger partial charge in [-0.15, -0.1) is 0 Å². The zero-order valence-electron chi connectivity index (χ0n) is 20.8. The van der Waals surface area contributed by atoms with Gasteiger partial charge in [0, 0.05) is 18.2 Å². The van der Waals surface area contributed by atoms with Crippen LogP contribution in [0.3, 0.4) is 0 Å². The molecule has 0 aliphatic rings. The van der Waals surface area contributed by atoms with Gasteiger partial charge < -0.3 is 32.2 Å². The summed E-state index contributed by atoms with van der Waals surface area (Å²) in [6, 6.07) is 14.0. The smallest absolute Gasteiger partial charge is 0.326 e. The Balaban J connectivity index is 1.32.